The number of piperazine rings is 1. The maximum absolute atomic E-state index is 14.0. The number of hydrogen-bond donors (Lipinski definition) is 0. The lowest BCUT2D eigenvalue weighted by Gasteiger charge is -2.44. The molecule has 0 N–H and O–H groups in total. The summed E-state index contributed by atoms with van der Waals surface area (Å²) in [6.45, 7) is 4.61. The minimum absolute atomic E-state index is 0.0301. The van der Waals surface area contributed by atoms with Crippen molar-refractivity contribution in [3.63, 3.8) is 0 Å². The van der Waals surface area contributed by atoms with E-state index in [1.165, 1.54) is 42.0 Å². The average Bonchev–Trinajstić information content (AvgIpc) is 2.99. The summed E-state index contributed by atoms with van der Waals surface area (Å²) in [6, 6.07) is 11.5. The molecule has 242 valence electrons. The first-order valence-electron chi connectivity index (χ1n) is 14.1. The largest absolute Gasteiger partial charge is 0.442 e. The van der Waals surface area contributed by atoms with Crippen molar-refractivity contribution in [2.75, 3.05) is 26.7 Å². The molecule has 0 bridgehead atoms. The third-order valence-corrected chi connectivity index (χ3v) is 8.00. The van der Waals surface area contributed by atoms with Crippen molar-refractivity contribution < 1.29 is 45.1 Å². The van der Waals surface area contributed by atoms with E-state index in [1.54, 1.807) is 38.1 Å². The molecule has 1 unspecified atom stereocenters. The second kappa shape index (κ2) is 13.0. The first-order chi connectivity index (χ1) is 21.0. The molecular weight excluding hydrogens is 607 g/mol. The lowest BCUT2D eigenvalue weighted by atomic mass is 9.97. The van der Waals surface area contributed by atoms with Crippen molar-refractivity contribution in [3.05, 3.63) is 106 Å². The Kier molecular flexibility index (Phi) is 9.69. The van der Waals surface area contributed by atoms with Gasteiger partial charge in [-0.2, -0.15) is 26.3 Å². The zero-order valence-corrected chi connectivity index (χ0v) is 24.9. The van der Waals surface area contributed by atoms with Crippen LogP contribution in [0, 0.1) is 12.7 Å². The number of nitrogens with zero attached hydrogens (tertiary/aromatic N) is 3. The molecule has 0 radical (unpaired) electrons. The zero-order valence-electron chi connectivity index (χ0n) is 24.9. The average molecular weight is 640 g/mol. The summed E-state index contributed by atoms with van der Waals surface area (Å²) in [5.41, 5.74) is -1.58. The van der Waals surface area contributed by atoms with Crippen molar-refractivity contribution in [2.24, 2.45) is 0 Å². The molecule has 6 nitrogen and oxygen atoms in total. The lowest BCUT2D eigenvalue weighted by Crippen LogP contribution is -2.55. The minimum Gasteiger partial charge on any atom is -0.442 e. The van der Waals surface area contributed by atoms with Crippen LogP contribution in [0.3, 0.4) is 0 Å². The van der Waals surface area contributed by atoms with Crippen molar-refractivity contribution in [2.45, 2.75) is 51.3 Å². The van der Waals surface area contributed by atoms with Gasteiger partial charge in [0.25, 0.3) is 0 Å². The number of urea groups is 1. The zero-order chi connectivity index (χ0) is 33.3. The third kappa shape index (κ3) is 7.69. The molecule has 45 heavy (non-hydrogen) atoms. The Balaban J connectivity index is 1.62. The Labute approximate surface area is 256 Å². The predicted octanol–water partition coefficient (Wildman–Crippen LogP) is 8.54. The Morgan fingerprint density at radius 2 is 1.47 bits per heavy atom. The van der Waals surface area contributed by atoms with Gasteiger partial charge in [0.2, 0.25) is 0 Å². The van der Waals surface area contributed by atoms with Gasteiger partial charge in [-0.1, -0.05) is 36.4 Å². The van der Waals surface area contributed by atoms with Crippen molar-refractivity contribution in [1.82, 2.24) is 14.7 Å². The van der Waals surface area contributed by atoms with Crippen molar-refractivity contribution in [1.29, 1.82) is 0 Å². The van der Waals surface area contributed by atoms with E-state index >= 15 is 0 Å². The molecule has 0 aliphatic carbocycles. The van der Waals surface area contributed by atoms with Gasteiger partial charge in [0.05, 0.1) is 23.2 Å². The van der Waals surface area contributed by atoms with Gasteiger partial charge in [0.15, 0.2) is 0 Å². The number of aryl methyl sites for hydroxylation is 1. The highest BCUT2D eigenvalue weighted by Gasteiger charge is 2.40. The fourth-order valence-electron chi connectivity index (χ4n) is 5.29. The van der Waals surface area contributed by atoms with Gasteiger partial charge in [-0.25, -0.2) is 14.0 Å². The summed E-state index contributed by atoms with van der Waals surface area (Å²) in [6.07, 6.45) is -11.3. The number of carbonyl (C=O) groups is 2. The van der Waals surface area contributed by atoms with E-state index in [0.29, 0.717) is 23.3 Å². The number of benzene rings is 3. The smallest absolute Gasteiger partial charge is 0.416 e. The SMILES string of the molecule is Cc1cc(F)ccc1[C@H]1CN(C(=O)OC(C)c2ccccc2)CCN1C(=O)N(C)[C@@H](C)c1cc(C(F)(F)F)cc(C(F)(F)F)c1. The molecule has 0 saturated carbocycles. The summed E-state index contributed by atoms with van der Waals surface area (Å²) < 4.78 is 101. The molecule has 3 aromatic carbocycles. The van der Waals surface area contributed by atoms with E-state index in [0.717, 1.165) is 10.5 Å². The van der Waals surface area contributed by atoms with Crippen LogP contribution in [0.1, 0.15) is 65.4 Å². The molecule has 1 fully saturated rings. The maximum Gasteiger partial charge on any atom is 0.416 e. The predicted molar refractivity (Wildman–Crippen MR) is 152 cm³/mol. The molecule has 13 heteroatoms. The van der Waals surface area contributed by atoms with E-state index in [-0.39, 0.29) is 31.3 Å². The van der Waals surface area contributed by atoms with Crippen LogP contribution in [-0.4, -0.2) is 53.5 Å². The second-order valence-corrected chi connectivity index (χ2v) is 11.0. The van der Waals surface area contributed by atoms with E-state index in [2.05, 4.69) is 0 Å². The Morgan fingerprint density at radius 3 is 2.02 bits per heavy atom. The Morgan fingerprint density at radius 1 is 0.867 bits per heavy atom. The Hall–Kier alpha value is -4.29. The highest BCUT2D eigenvalue weighted by atomic mass is 19.4. The summed E-state index contributed by atoms with van der Waals surface area (Å²) >= 11 is 0. The summed E-state index contributed by atoms with van der Waals surface area (Å²) in [7, 11) is 1.28. The van der Waals surface area contributed by atoms with Crippen LogP contribution in [0.2, 0.25) is 0 Å². The van der Waals surface area contributed by atoms with Gasteiger partial charge in [0, 0.05) is 26.7 Å². The lowest BCUT2D eigenvalue weighted by molar-refractivity contribution is -0.143. The van der Waals surface area contributed by atoms with Gasteiger partial charge < -0.3 is 19.4 Å². The first-order valence-corrected chi connectivity index (χ1v) is 14.1. The van der Waals surface area contributed by atoms with E-state index in [1.807, 2.05) is 6.07 Å². The van der Waals surface area contributed by atoms with Crippen LogP contribution in [-0.2, 0) is 17.1 Å². The number of amides is 3. The fourth-order valence-corrected chi connectivity index (χ4v) is 5.29. The van der Waals surface area contributed by atoms with Crippen LogP contribution >= 0.6 is 0 Å². The van der Waals surface area contributed by atoms with Gasteiger partial charge in [-0.05, 0) is 73.4 Å². The fraction of sp³-hybridized carbons (Fsp3) is 0.375. The molecule has 1 aliphatic heterocycles. The van der Waals surface area contributed by atoms with Crippen LogP contribution in [0.5, 0.6) is 0 Å². The number of alkyl halides is 6. The quantitative estimate of drug-likeness (QED) is 0.263. The van der Waals surface area contributed by atoms with Crippen LogP contribution in [0.15, 0.2) is 66.7 Å². The summed E-state index contributed by atoms with van der Waals surface area (Å²) in [5.74, 6) is -0.520. The molecule has 1 saturated heterocycles. The molecule has 1 heterocycles. The molecule has 0 spiro atoms. The third-order valence-electron chi connectivity index (χ3n) is 8.00. The number of halogens is 7. The van der Waals surface area contributed by atoms with Crippen LogP contribution in [0.25, 0.3) is 0 Å². The Bertz CT molecular complexity index is 1500. The highest BCUT2D eigenvalue weighted by molar-refractivity contribution is 5.76. The molecule has 3 aromatic rings. The summed E-state index contributed by atoms with van der Waals surface area (Å²) in [4.78, 5) is 30.9. The maximum atomic E-state index is 14.0. The standard InChI is InChI=1S/C32H32F7N3O3/c1-19-14-26(33)10-11-27(19)28-18-41(30(44)45-21(3)22-8-6-5-7-9-22)12-13-42(28)29(43)40(4)20(2)23-15-24(31(34,35)36)17-25(16-23)32(37,38)39/h5-11,14-17,20-21,28H,12-13,18H2,1-4H3/t20-,21?,28+/m0/s1. The van der Waals surface area contributed by atoms with Crippen molar-refractivity contribution >= 4 is 12.1 Å². The monoisotopic (exact) mass is 639 g/mol. The molecule has 1 aliphatic rings. The van der Waals surface area contributed by atoms with E-state index in [9.17, 15) is 40.3 Å². The topological polar surface area (TPSA) is 53.1 Å². The molecular formula is C32H32F7N3O3. The normalized spacial score (nSPS) is 17.1. The number of rotatable bonds is 5. The number of ether oxygens (including phenoxy) is 1. The van der Waals surface area contributed by atoms with Crippen LogP contribution < -0.4 is 0 Å². The minimum atomic E-state index is -5.05. The second-order valence-electron chi connectivity index (χ2n) is 11.0. The van der Waals surface area contributed by atoms with E-state index in [4.69, 9.17) is 4.74 Å². The number of carbonyl (C=O) groups excluding carboxylic acids is 2. The molecule has 0 aromatic heterocycles. The first kappa shape index (κ1) is 33.6. The highest BCUT2D eigenvalue weighted by Crippen LogP contribution is 2.39. The van der Waals surface area contributed by atoms with Crippen LogP contribution in [0.4, 0.5) is 40.3 Å². The molecule has 4 rings (SSSR count). The number of hydrogen-bond acceptors (Lipinski definition) is 3. The van der Waals surface area contributed by atoms with Gasteiger partial charge in [-0.15, -0.1) is 0 Å². The summed E-state index contributed by atoms with van der Waals surface area (Å²) in [5, 5.41) is 0. The van der Waals surface area contributed by atoms with Gasteiger partial charge >= 0.3 is 24.5 Å². The van der Waals surface area contributed by atoms with Gasteiger partial charge in [0.1, 0.15) is 11.9 Å². The molecule has 3 amide bonds. The molecule has 3 atom stereocenters. The van der Waals surface area contributed by atoms with Gasteiger partial charge in [-0.3, -0.25) is 0 Å². The van der Waals surface area contributed by atoms with Crippen molar-refractivity contribution in [3.8, 4) is 0 Å². The van der Waals surface area contributed by atoms with E-state index < -0.39 is 59.6 Å².